The normalized spacial score (nSPS) is 18.7. The minimum Gasteiger partial charge on any atom is -0.481 e. The first kappa shape index (κ1) is 13.1. The Morgan fingerprint density at radius 3 is 2.61 bits per heavy atom. The van der Waals surface area contributed by atoms with Crippen LogP contribution >= 0.6 is 0 Å². The van der Waals surface area contributed by atoms with Crippen LogP contribution in [0.5, 0.6) is 5.88 Å². The van der Waals surface area contributed by atoms with Gasteiger partial charge in [0.15, 0.2) is 0 Å². The molecule has 0 atom stereocenters. The van der Waals surface area contributed by atoms with Gasteiger partial charge in [-0.2, -0.15) is 4.98 Å². The second-order valence-corrected chi connectivity index (χ2v) is 4.62. The van der Waals surface area contributed by atoms with Crippen molar-refractivity contribution in [2.45, 2.75) is 18.4 Å². The van der Waals surface area contributed by atoms with E-state index in [2.05, 4.69) is 9.88 Å². The fourth-order valence-corrected chi connectivity index (χ4v) is 2.33. The van der Waals surface area contributed by atoms with Crippen molar-refractivity contribution < 1.29 is 9.47 Å². The summed E-state index contributed by atoms with van der Waals surface area (Å²) in [6.07, 6.45) is 1.86. The molecule has 0 bridgehead atoms. The van der Waals surface area contributed by atoms with Crippen LogP contribution in [-0.2, 0) is 4.74 Å². The lowest BCUT2D eigenvalue weighted by Crippen LogP contribution is -2.50. The zero-order chi connectivity index (χ0) is 13.0. The Labute approximate surface area is 108 Å². The molecular formula is C13H21N3O2. The highest BCUT2D eigenvalue weighted by atomic mass is 16.5. The Balaban J connectivity index is 2.04. The maximum Gasteiger partial charge on any atom is 0.214 e. The van der Waals surface area contributed by atoms with Crippen LogP contribution in [0.15, 0.2) is 18.2 Å². The van der Waals surface area contributed by atoms with Gasteiger partial charge in [0.1, 0.15) is 5.82 Å². The third kappa shape index (κ3) is 2.57. The number of nitrogens with two attached hydrogens (primary N) is 1. The molecule has 2 heterocycles. The lowest BCUT2D eigenvalue weighted by Gasteiger charge is -2.40. The van der Waals surface area contributed by atoms with Crippen molar-refractivity contribution in [3.05, 3.63) is 18.2 Å². The molecule has 1 aliphatic rings. The fraction of sp³-hybridized carbons (Fsp3) is 0.615. The van der Waals surface area contributed by atoms with Crippen LogP contribution < -0.4 is 15.4 Å². The highest BCUT2D eigenvalue weighted by molar-refractivity contribution is 5.41. The van der Waals surface area contributed by atoms with Crippen LogP contribution in [0.2, 0.25) is 0 Å². The van der Waals surface area contributed by atoms with Crippen molar-refractivity contribution in [1.29, 1.82) is 0 Å². The number of rotatable bonds is 4. The van der Waals surface area contributed by atoms with E-state index < -0.39 is 0 Å². The van der Waals surface area contributed by atoms with Crippen LogP contribution in [0.4, 0.5) is 5.82 Å². The maximum absolute atomic E-state index is 5.80. The van der Waals surface area contributed by atoms with Crippen molar-refractivity contribution >= 4 is 5.82 Å². The van der Waals surface area contributed by atoms with Crippen molar-refractivity contribution in [3.63, 3.8) is 0 Å². The zero-order valence-corrected chi connectivity index (χ0v) is 11.1. The standard InChI is InChI=1S/C13H21N3O2/c1-17-12-5-3-4-11(15-12)16-8-6-13(10-14,18-2)7-9-16/h3-5H,6-10,14H2,1-2H3. The third-order valence-corrected chi connectivity index (χ3v) is 3.72. The molecular weight excluding hydrogens is 230 g/mol. The first-order valence-electron chi connectivity index (χ1n) is 6.24. The number of hydrogen-bond donors (Lipinski definition) is 1. The second kappa shape index (κ2) is 5.54. The molecule has 1 fully saturated rings. The van der Waals surface area contributed by atoms with Gasteiger partial charge in [-0.05, 0) is 18.9 Å². The van der Waals surface area contributed by atoms with E-state index in [4.69, 9.17) is 15.2 Å². The molecule has 0 spiro atoms. The van der Waals surface area contributed by atoms with Gasteiger partial charge < -0.3 is 20.1 Å². The quantitative estimate of drug-likeness (QED) is 0.866. The Kier molecular flexibility index (Phi) is 4.04. The molecule has 0 aliphatic carbocycles. The van der Waals surface area contributed by atoms with E-state index in [1.807, 2.05) is 18.2 Å². The molecule has 1 aromatic heterocycles. The van der Waals surface area contributed by atoms with Gasteiger partial charge in [-0.3, -0.25) is 0 Å². The molecule has 0 unspecified atom stereocenters. The van der Waals surface area contributed by atoms with Gasteiger partial charge in [-0.25, -0.2) is 0 Å². The number of methoxy groups -OCH3 is 2. The number of piperidine rings is 1. The van der Waals surface area contributed by atoms with Crippen molar-refractivity contribution in [1.82, 2.24) is 4.98 Å². The highest BCUT2D eigenvalue weighted by Crippen LogP contribution is 2.27. The van der Waals surface area contributed by atoms with E-state index >= 15 is 0 Å². The number of ether oxygens (including phenoxy) is 2. The summed E-state index contributed by atoms with van der Waals surface area (Å²) in [6, 6.07) is 5.82. The molecule has 0 amide bonds. The van der Waals surface area contributed by atoms with Gasteiger partial charge in [0.25, 0.3) is 0 Å². The number of pyridine rings is 1. The van der Waals surface area contributed by atoms with Crippen LogP contribution in [0.3, 0.4) is 0 Å². The Morgan fingerprint density at radius 2 is 2.06 bits per heavy atom. The highest BCUT2D eigenvalue weighted by Gasteiger charge is 2.33. The van der Waals surface area contributed by atoms with E-state index in [1.54, 1.807) is 14.2 Å². The monoisotopic (exact) mass is 251 g/mol. The molecule has 2 N–H and O–H groups in total. The summed E-state index contributed by atoms with van der Waals surface area (Å²) in [5, 5.41) is 0. The van der Waals surface area contributed by atoms with Crippen LogP contribution in [0, 0.1) is 0 Å². The summed E-state index contributed by atoms with van der Waals surface area (Å²) in [7, 11) is 3.37. The van der Waals surface area contributed by atoms with Crippen LogP contribution in [0.25, 0.3) is 0 Å². The molecule has 18 heavy (non-hydrogen) atoms. The number of aromatic nitrogens is 1. The van der Waals surface area contributed by atoms with Gasteiger partial charge in [-0.1, -0.05) is 6.07 Å². The Hall–Kier alpha value is -1.33. The molecule has 100 valence electrons. The zero-order valence-electron chi connectivity index (χ0n) is 11.1. The third-order valence-electron chi connectivity index (χ3n) is 3.72. The largest absolute Gasteiger partial charge is 0.481 e. The Morgan fingerprint density at radius 1 is 1.33 bits per heavy atom. The molecule has 2 rings (SSSR count). The lowest BCUT2D eigenvalue weighted by molar-refractivity contribution is -0.0216. The molecule has 5 heteroatoms. The van der Waals surface area contributed by atoms with Gasteiger partial charge in [0.2, 0.25) is 5.88 Å². The minimum atomic E-state index is -0.157. The smallest absolute Gasteiger partial charge is 0.214 e. The van der Waals surface area contributed by atoms with Crippen molar-refractivity contribution in [2.24, 2.45) is 5.73 Å². The van der Waals surface area contributed by atoms with E-state index in [0.717, 1.165) is 31.7 Å². The molecule has 0 radical (unpaired) electrons. The summed E-state index contributed by atoms with van der Waals surface area (Å²) in [6.45, 7) is 2.39. The van der Waals surface area contributed by atoms with E-state index in [9.17, 15) is 0 Å². The predicted molar refractivity (Wildman–Crippen MR) is 71.0 cm³/mol. The van der Waals surface area contributed by atoms with Crippen molar-refractivity contribution in [2.75, 3.05) is 38.8 Å². The summed E-state index contributed by atoms with van der Waals surface area (Å²) < 4.78 is 10.7. The van der Waals surface area contributed by atoms with E-state index in [1.165, 1.54) is 0 Å². The fourth-order valence-electron chi connectivity index (χ4n) is 2.33. The maximum atomic E-state index is 5.80. The average molecular weight is 251 g/mol. The van der Waals surface area contributed by atoms with Crippen molar-refractivity contribution in [3.8, 4) is 5.88 Å². The predicted octanol–water partition coefficient (Wildman–Crippen LogP) is 1.03. The molecule has 1 aromatic rings. The van der Waals surface area contributed by atoms with Gasteiger partial charge in [0.05, 0.1) is 12.7 Å². The average Bonchev–Trinajstić information content (AvgIpc) is 2.47. The van der Waals surface area contributed by atoms with Gasteiger partial charge in [-0.15, -0.1) is 0 Å². The number of anilines is 1. The topological polar surface area (TPSA) is 60.6 Å². The summed E-state index contributed by atoms with van der Waals surface area (Å²) in [5.74, 6) is 1.60. The first-order valence-corrected chi connectivity index (χ1v) is 6.24. The molecule has 1 aliphatic heterocycles. The van der Waals surface area contributed by atoms with E-state index in [-0.39, 0.29) is 5.60 Å². The Bertz CT molecular complexity index is 384. The summed E-state index contributed by atoms with van der Waals surface area (Å²) >= 11 is 0. The SMILES string of the molecule is COc1cccc(N2CCC(CN)(OC)CC2)n1. The van der Waals surface area contributed by atoms with E-state index in [0.29, 0.717) is 12.4 Å². The molecule has 1 saturated heterocycles. The summed E-state index contributed by atoms with van der Waals surface area (Å²) in [4.78, 5) is 6.69. The lowest BCUT2D eigenvalue weighted by atomic mass is 9.91. The first-order chi connectivity index (χ1) is 8.73. The molecule has 0 saturated carbocycles. The molecule has 5 nitrogen and oxygen atoms in total. The summed E-state index contributed by atoms with van der Waals surface area (Å²) in [5.41, 5.74) is 5.64. The van der Waals surface area contributed by atoms with Crippen LogP contribution in [0.1, 0.15) is 12.8 Å². The molecule has 0 aromatic carbocycles. The van der Waals surface area contributed by atoms with Gasteiger partial charge in [0, 0.05) is 32.8 Å². The number of nitrogens with zero attached hydrogens (tertiary/aromatic N) is 2. The number of hydrogen-bond acceptors (Lipinski definition) is 5. The van der Waals surface area contributed by atoms with Gasteiger partial charge >= 0.3 is 0 Å². The minimum absolute atomic E-state index is 0.157. The van der Waals surface area contributed by atoms with Crippen LogP contribution in [-0.4, -0.2) is 44.4 Å². The second-order valence-electron chi connectivity index (χ2n) is 4.62.